The largest absolute Gasteiger partial charge is 0.473 e. The van der Waals surface area contributed by atoms with Crippen molar-refractivity contribution in [2.24, 2.45) is 5.92 Å². The summed E-state index contributed by atoms with van der Waals surface area (Å²) in [6.07, 6.45) is 7.83. The summed E-state index contributed by atoms with van der Waals surface area (Å²) in [7, 11) is 0. The minimum atomic E-state index is 0.293. The maximum atomic E-state index is 6.02. The molecule has 1 fully saturated rings. The van der Waals surface area contributed by atoms with Gasteiger partial charge in [0.25, 0.3) is 0 Å². The van der Waals surface area contributed by atoms with Crippen LogP contribution in [0, 0.1) is 5.92 Å². The third-order valence-electron chi connectivity index (χ3n) is 3.49. The van der Waals surface area contributed by atoms with Gasteiger partial charge >= 0.3 is 0 Å². The first-order chi connectivity index (χ1) is 9.19. The molecular formula is C14H22BrN3O. The fourth-order valence-corrected chi connectivity index (χ4v) is 2.55. The second-order valence-electron chi connectivity index (χ2n) is 5.27. The molecule has 0 aliphatic heterocycles. The molecule has 0 radical (unpaired) electrons. The van der Waals surface area contributed by atoms with Crippen LogP contribution in [0.15, 0.2) is 10.7 Å². The van der Waals surface area contributed by atoms with Crippen molar-refractivity contribution in [3.8, 4) is 5.88 Å². The zero-order chi connectivity index (χ0) is 13.7. The molecule has 4 nitrogen and oxygen atoms in total. The van der Waals surface area contributed by atoms with Gasteiger partial charge in [-0.15, -0.1) is 0 Å². The number of rotatable bonds is 5. The van der Waals surface area contributed by atoms with E-state index in [2.05, 4.69) is 45.1 Å². The van der Waals surface area contributed by atoms with Crippen molar-refractivity contribution in [2.75, 3.05) is 11.9 Å². The summed E-state index contributed by atoms with van der Waals surface area (Å²) in [4.78, 5) is 8.66. The highest BCUT2D eigenvalue weighted by atomic mass is 79.9. The van der Waals surface area contributed by atoms with E-state index in [1.807, 2.05) is 0 Å². The highest BCUT2D eigenvalue weighted by Gasteiger charge is 2.21. The van der Waals surface area contributed by atoms with Crippen molar-refractivity contribution in [3.05, 3.63) is 10.7 Å². The molecule has 19 heavy (non-hydrogen) atoms. The fraction of sp³-hybridized carbons (Fsp3) is 0.714. The Morgan fingerprint density at radius 1 is 1.37 bits per heavy atom. The molecule has 0 saturated heterocycles. The quantitative estimate of drug-likeness (QED) is 0.887. The standard InChI is InChI=1S/C14H22BrN3O/c1-3-8-16-14-17-9-12(15)13(18-14)19-11-6-4-10(2)5-7-11/h9-11H,3-8H2,1-2H3,(H,16,17,18). The molecule has 0 unspecified atom stereocenters. The van der Waals surface area contributed by atoms with Crippen molar-refractivity contribution in [1.29, 1.82) is 0 Å². The summed E-state index contributed by atoms with van der Waals surface area (Å²) in [6, 6.07) is 0. The van der Waals surface area contributed by atoms with Crippen LogP contribution in [-0.4, -0.2) is 22.6 Å². The first kappa shape index (κ1) is 14.6. The van der Waals surface area contributed by atoms with E-state index in [4.69, 9.17) is 4.74 Å². The Bertz CT molecular complexity index is 406. The molecule has 0 spiro atoms. The predicted molar refractivity (Wildman–Crippen MR) is 80.6 cm³/mol. The average molecular weight is 328 g/mol. The predicted octanol–water partition coefficient (Wildman–Crippen LogP) is 4.02. The highest BCUT2D eigenvalue weighted by Crippen LogP contribution is 2.30. The Morgan fingerprint density at radius 3 is 2.79 bits per heavy atom. The molecule has 1 aliphatic carbocycles. The third-order valence-corrected chi connectivity index (χ3v) is 4.03. The zero-order valence-corrected chi connectivity index (χ0v) is 13.2. The van der Waals surface area contributed by atoms with Crippen molar-refractivity contribution < 1.29 is 4.74 Å². The lowest BCUT2D eigenvalue weighted by molar-refractivity contribution is 0.129. The molecule has 0 aromatic carbocycles. The second kappa shape index (κ2) is 7.08. The normalized spacial score (nSPS) is 23.1. The van der Waals surface area contributed by atoms with Crippen LogP contribution >= 0.6 is 15.9 Å². The van der Waals surface area contributed by atoms with E-state index >= 15 is 0 Å². The van der Waals surface area contributed by atoms with E-state index in [1.165, 1.54) is 12.8 Å². The maximum absolute atomic E-state index is 6.02. The second-order valence-corrected chi connectivity index (χ2v) is 6.13. The van der Waals surface area contributed by atoms with Gasteiger partial charge in [0.05, 0.1) is 10.7 Å². The number of aromatic nitrogens is 2. The lowest BCUT2D eigenvalue weighted by Gasteiger charge is -2.26. The maximum Gasteiger partial charge on any atom is 0.233 e. The molecule has 0 bridgehead atoms. The summed E-state index contributed by atoms with van der Waals surface area (Å²) in [6.45, 7) is 5.30. The smallest absolute Gasteiger partial charge is 0.233 e. The van der Waals surface area contributed by atoms with Gasteiger partial charge in [0.1, 0.15) is 6.10 Å². The van der Waals surface area contributed by atoms with Crippen LogP contribution in [0.1, 0.15) is 46.0 Å². The van der Waals surface area contributed by atoms with E-state index in [-0.39, 0.29) is 0 Å². The molecule has 0 amide bonds. The van der Waals surface area contributed by atoms with E-state index in [1.54, 1.807) is 6.20 Å². The minimum Gasteiger partial charge on any atom is -0.473 e. The Kier molecular flexibility index (Phi) is 5.43. The third kappa shape index (κ3) is 4.34. The van der Waals surface area contributed by atoms with Gasteiger partial charge in [-0.1, -0.05) is 13.8 Å². The van der Waals surface area contributed by atoms with Crippen LogP contribution in [-0.2, 0) is 0 Å². The first-order valence-electron chi connectivity index (χ1n) is 7.12. The number of halogens is 1. The molecular weight excluding hydrogens is 306 g/mol. The topological polar surface area (TPSA) is 47.0 Å². The van der Waals surface area contributed by atoms with Crippen LogP contribution in [0.25, 0.3) is 0 Å². The molecule has 1 aromatic heterocycles. The number of hydrogen-bond acceptors (Lipinski definition) is 4. The highest BCUT2D eigenvalue weighted by molar-refractivity contribution is 9.10. The molecule has 1 N–H and O–H groups in total. The van der Waals surface area contributed by atoms with E-state index in [0.29, 0.717) is 17.9 Å². The monoisotopic (exact) mass is 327 g/mol. The Hall–Kier alpha value is -0.840. The molecule has 1 aliphatic rings. The lowest BCUT2D eigenvalue weighted by atomic mass is 9.89. The SMILES string of the molecule is CCCNc1ncc(Br)c(OC2CCC(C)CC2)n1. The molecule has 0 atom stereocenters. The van der Waals surface area contributed by atoms with Gasteiger partial charge in [0.2, 0.25) is 11.8 Å². The summed E-state index contributed by atoms with van der Waals surface area (Å²) in [5.74, 6) is 2.13. The van der Waals surface area contributed by atoms with Gasteiger partial charge in [-0.25, -0.2) is 4.98 Å². The van der Waals surface area contributed by atoms with Crippen LogP contribution in [0.3, 0.4) is 0 Å². The molecule has 5 heteroatoms. The van der Waals surface area contributed by atoms with Gasteiger partial charge in [-0.3, -0.25) is 0 Å². The van der Waals surface area contributed by atoms with E-state index < -0.39 is 0 Å². The number of hydrogen-bond donors (Lipinski definition) is 1. The molecule has 1 saturated carbocycles. The van der Waals surface area contributed by atoms with E-state index in [0.717, 1.165) is 36.2 Å². The zero-order valence-electron chi connectivity index (χ0n) is 11.7. The van der Waals surface area contributed by atoms with Crippen molar-refractivity contribution in [1.82, 2.24) is 9.97 Å². The summed E-state index contributed by atoms with van der Waals surface area (Å²) in [5.41, 5.74) is 0. The molecule has 106 valence electrons. The van der Waals surface area contributed by atoms with E-state index in [9.17, 15) is 0 Å². The molecule has 1 heterocycles. The van der Waals surface area contributed by atoms with Crippen LogP contribution in [0.4, 0.5) is 5.95 Å². The number of anilines is 1. The number of ether oxygens (including phenoxy) is 1. The number of nitrogens with zero attached hydrogens (tertiary/aromatic N) is 2. The molecule has 1 aromatic rings. The first-order valence-corrected chi connectivity index (χ1v) is 7.91. The van der Waals surface area contributed by atoms with Crippen LogP contribution in [0.5, 0.6) is 5.88 Å². The van der Waals surface area contributed by atoms with Crippen LogP contribution < -0.4 is 10.1 Å². The van der Waals surface area contributed by atoms with Gasteiger partial charge in [-0.05, 0) is 54.0 Å². The Morgan fingerprint density at radius 2 is 2.11 bits per heavy atom. The van der Waals surface area contributed by atoms with Crippen LogP contribution in [0.2, 0.25) is 0 Å². The summed E-state index contributed by atoms with van der Waals surface area (Å²) in [5, 5.41) is 3.18. The Labute approximate surface area is 123 Å². The number of nitrogens with one attached hydrogen (secondary N) is 1. The van der Waals surface area contributed by atoms with Gasteiger partial charge in [0.15, 0.2) is 0 Å². The Balaban J connectivity index is 1.98. The summed E-state index contributed by atoms with van der Waals surface area (Å²) >= 11 is 3.46. The van der Waals surface area contributed by atoms with Gasteiger partial charge < -0.3 is 10.1 Å². The lowest BCUT2D eigenvalue weighted by Crippen LogP contribution is -2.23. The van der Waals surface area contributed by atoms with Gasteiger partial charge in [-0.2, -0.15) is 4.98 Å². The fourth-order valence-electron chi connectivity index (χ4n) is 2.26. The van der Waals surface area contributed by atoms with Crippen molar-refractivity contribution in [2.45, 2.75) is 52.1 Å². The summed E-state index contributed by atoms with van der Waals surface area (Å²) < 4.78 is 6.84. The molecule has 2 rings (SSSR count). The van der Waals surface area contributed by atoms with Gasteiger partial charge in [0, 0.05) is 6.54 Å². The van der Waals surface area contributed by atoms with Crippen molar-refractivity contribution in [3.63, 3.8) is 0 Å². The minimum absolute atomic E-state index is 0.293. The van der Waals surface area contributed by atoms with Crippen molar-refractivity contribution >= 4 is 21.9 Å². The average Bonchev–Trinajstić information content (AvgIpc) is 2.42.